The molecule has 0 aliphatic heterocycles. The lowest BCUT2D eigenvalue weighted by Gasteiger charge is -2.17. The summed E-state index contributed by atoms with van der Waals surface area (Å²) >= 11 is 0. The largest absolute Gasteiger partial charge is 0.244 e. The summed E-state index contributed by atoms with van der Waals surface area (Å²) in [6, 6.07) is 16.0. The van der Waals surface area contributed by atoms with Crippen molar-refractivity contribution in [3.63, 3.8) is 0 Å². The Morgan fingerprint density at radius 3 is 2.25 bits per heavy atom. The predicted molar refractivity (Wildman–Crippen MR) is 97.3 cm³/mol. The minimum Gasteiger partial charge on any atom is -0.244 e. The zero-order valence-corrected chi connectivity index (χ0v) is 12.8. The second-order valence-corrected chi connectivity index (χ2v) is 5.93. The monoisotopic (exact) mass is 308 g/mol. The van der Waals surface area contributed by atoms with Gasteiger partial charge in [0.05, 0.1) is 22.1 Å². The summed E-state index contributed by atoms with van der Waals surface area (Å²) in [5.41, 5.74) is 5.87. The number of rotatable bonds is 0. The van der Waals surface area contributed by atoms with Crippen LogP contribution in [-0.4, -0.2) is 15.9 Å². The van der Waals surface area contributed by atoms with E-state index >= 15 is 0 Å². The number of benzene rings is 3. The lowest BCUT2D eigenvalue weighted by molar-refractivity contribution is 0.569. The zero-order valence-electron chi connectivity index (χ0n) is 12.8. The molecule has 0 saturated carbocycles. The number of fused-ring (bicyclic) bond motifs is 7. The van der Waals surface area contributed by atoms with E-state index in [-0.39, 0.29) is 0 Å². The van der Waals surface area contributed by atoms with E-state index < -0.39 is 0 Å². The van der Waals surface area contributed by atoms with Crippen LogP contribution in [-0.2, 0) is 4.79 Å². The molecule has 0 N–H and O–H groups in total. The zero-order chi connectivity index (χ0) is 16.1. The van der Waals surface area contributed by atoms with Crippen molar-refractivity contribution < 1.29 is 4.79 Å². The van der Waals surface area contributed by atoms with Gasteiger partial charge in [0, 0.05) is 22.9 Å². The molecule has 1 aromatic heterocycles. The molecule has 3 heteroatoms. The summed E-state index contributed by atoms with van der Waals surface area (Å²) in [5.74, 6) is 2.11. The van der Waals surface area contributed by atoms with Crippen molar-refractivity contribution >= 4 is 50.4 Å². The lowest BCUT2D eigenvalue weighted by Crippen LogP contribution is -2.01. The van der Waals surface area contributed by atoms with Crippen molar-refractivity contribution in [1.29, 1.82) is 0 Å². The molecular formula is C21H12N2O. The molecule has 1 aliphatic carbocycles. The van der Waals surface area contributed by atoms with Crippen LogP contribution in [0.3, 0.4) is 0 Å². The SMILES string of the molecule is O=C=C1CC=Cc2c1c1nc3ccccc3nc1c1ccccc21. The Kier molecular flexibility index (Phi) is 2.66. The van der Waals surface area contributed by atoms with Gasteiger partial charge in [0.1, 0.15) is 5.94 Å². The molecule has 0 radical (unpaired) electrons. The molecule has 3 nitrogen and oxygen atoms in total. The van der Waals surface area contributed by atoms with Gasteiger partial charge in [0.25, 0.3) is 0 Å². The van der Waals surface area contributed by atoms with Crippen LogP contribution in [0.5, 0.6) is 0 Å². The molecule has 0 unspecified atom stereocenters. The Morgan fingerprint density at radius 2 is 1.50 bits per heavy atom. The molecule has 112 valence electrons. The van der Waals surface area contributed by atoms with Crippen LogP contribution in [0.2, 0.25) is 0 Å². The molecular weight excluding hydrogens is 296 g/mol. The molecule has 4 aromatic rings. The standard InChI is InChI=1S/C21H12N2O/c24-12-13-6-5-9-15-14-7-1-2-8-16(14)20-21(19(13)15)23-18-11-4-3-10-17(18)22-20/h1-5,7-11H,6H2. The second-order valence-electron chi connectivity index (χ2n) is 5.93. The fourth-order valence-corrected chi connectivity index (χ4v) is 3.52. The fraction of sp³-hybridized carbons (Fsp3) is 0.0476. The van der Waals surface area contributed by atoms with Crippen LogP contribution in [0.15, 0.2) is 54.6 Å². The molecule has 1 heterocycles. The highest BCUT2D eigenvalue weighted by Gasteiger charge is 2.21. The summed E-state index contributed by atoms with van der Waals surface area (Å²) in [5, 5.41) is 2.15. The van der Waals surface area contributed by atoms with Gasteiger partial charge >= 0.3 is 0 Å². The number of allylic oxidation sites excluding steroid dienone is 2. The van der Waals surface area contributed by atoms with Gasteiger partial charge in [-0.2, -0.15) is 0 Å². The third-order valence-electron chi connectivity index (χ3n) is 4.58. The summed E-state index contributed by atoms with van der Waals surface area (Å²) in [4.78, 5) is 21.2. The van der Waals surface area contributed by atoms with E-state index in [0.717, 1.165) is 44.0 Å². The van der Waals surface area contributed by atoms with Gasteiger partial charge < -0.3 is 0 Å². The molecule has 0 saturated heterocycles. The number of para-hydroxylation sites is 2. The van der Waals surface area contributed by atoms with E-state index in [9.17, 15) is 4.79 Å². The van der Waals surface area contributed by atoms with Crippen molar-refractivity contribution in [2.24, 2.45) is 0 Å². The summed E-state index contributed by atoms with van der Waals surface area (Å²) in [6.45, 7) is 0. The molecule has 0 amide bonds. The number of carbonyl (C=O) groups excluding carboxylic acids is 1. The normalized spacial score (nSPS) is 13.4. The first-order valence-corrected chi connectivity index (χ1v) is 7.89. The molecule has 0 spiro atoms. The van der Waals surface area contributed by atoms with Gasteiger partial charge in [-0.3, -0.25) is 0 Å². The van der Waals surface area contributed by atoms with E-state index in [4.69, 9.17) is 9.97 Å². The molecule has 24 heavy (non-hydrogen) atoms. The van der Waals surface area contributed by atoms with Crippen LogP contribution >= 0.6 is 0 Å². The van der Waals surface area contributed by atoms with Gasteiger partial charge in [0.15, 0.2) is 0 Å². The molecule has 1 aliphatic rings. The van der Waals surface area contributed by atoms with E-state index in [2.05, 4.69) is 24.2 Å². The van der Waals surface area contributed by atoms with Crippen molar-refractivity contribution in [3.05, 3.63) is 65.7 Å². The number of hydrogen-bond acceptors (Lipinski definition) is 3. The third-order valence-corrected chi connectivity index (χ3v) is 4.58. The maximum absolute atomic E-state index is 11.5. The van der Waals surface area contributed by atoms with E-state index in [1.165, 1.54) is 0 Å². The summed E-state index contributed by atoms with van der Waals surface area (Å²) in [7, 11) is 0. The van der Waals surface area contributed by atoms with Crippen molar-refractivity contribution in [2.45, 2.75) is 6.42 Å². The smallest absolute Gasteiger partial charge is 0.128 e. The quantitative estimate of drug-likeness (QED) is 0.271. The number of aromatic nitrogens is 2. The van der Waals surface area contributed by atoms with E-state index in [1.54, 1.807) is 0 Å². The molecule has 0 atom stereocenters. The second kappa shape index (κ2) is 4.85. The van der Waals surface area contributed by atoms with Crippen LogP contribution in [0.25, 0.3) is 44.5 Å². The topological polar surface area (TPSA) is 42.9 Å². The van der Waals surface area contributed by atoms with Gasteiger partial charge in [-0.05, 0) is 23.1 Å². The first-order valence-electron chi connectivity index (χ1n) is 7.89. The lowest BCUT2D eigenvalue weighted by atomic mass is 9.87. The van der Waals surface area contributed by atoms with Crippen LogP contribution in [0, 0.1) is 0 Å². The minimum atomic E-state index is 0.582. The Hall–Kier alpha value is -3.29. The molecule has 5 rings (SSSR count). The van der Waals surface area contributed by atoms with Crippen molar-refractivity contribution in [3.8, 4) is 0 Å². The first kappa shape index (κ1) is 13.2. The highest BCUT2D eigenvalue weighted by atomic mass is 16.1. The van der Waals surface area contributed by atoms with Crippen molar-refractivity contribution in [1.82, 2.24) is 9.97 Å². The van der Waals surface area contributed by atoms with E-state index in [0.29, 0.717) is 12.0 Å². The highest BCUT2D eigenvalue weighted by molar-refractivity contribution is 6.17. The number of hydrogen-bond donors (Lipinski definition) is 0. The van der Waals surface area contributed by atoms with Gasteiger partial charge in [-0.15, -0.1) is 0 Å². The minimum absolute atomic E-state index is 0.582. The Labute approximate surface area is 138 Å². The third kappa shape index (κ3) is 1.70. The van der Waals surface area contributed by atoms with Crippen LogP contribution < -0.4 is 0 Å². The molecule has 3 aromatic carbocycles. The summed E-state index contributed by atoms with van der Waals surface area (Å²) < 4.78 is 0. The van der Waals surface area contributed by atoms with Gasteiger partial charge in [-0.25, -0.2) is 14.8 Å². The average molecular weight is 308 g/mol. The number of nitrogens with zero attached hydrogens (tertiary/aromatic N) is 2. The Morgan fingerprint density at radius 1 is 0.833 bits per heavy atom. The van der Waals surface area contributed by atoms with Crippen LogP contribution in [0.4, 0.5) is 0 Å². The average Bonchev–Trinajstić information content (AvgIpc) is 2.66. The maximum atomic E-state index is 11.5. The summed E-state index contributed by atoms with van der Waals surface area (Å²) in [6.07, 6.45) is 4.67. The van der Waals surface area contributed by atoms with E-state index in [1.807, 2.05) is 42.5 Å². The molecule has 0 bridgehead atoms. The fourth-order valence-electron chi connectivity index (χ4n) is 3.52. The Balaban J connectivity index is 2.13. The van der Waals surface area contributed by atoms with Crippen LogP contribution in [0.1, 0.15) is 17.5 Å². The van der Waals surface area contributed by atoms with Gasteiger partial charge in [0.2, 0.25) is 0 Å². The molecule has 0 fully saturated rings. The van der Waals surface area contributed by atoms with Crippen molar-refractivity contribution in [2.75, 3.05) is 0 Å². The maximum Gasteiger partial charge on any atom is 0.128 e. The first-order chi connectivity index (χ1) is 11.9. The van der Waals surface area contributed by atoms with Gasteiger partial charge in [-0.1, -0.05) is 48.6 Å². The highest BCUT2D eigenvalue weighted by Crippen LogP contribution is 2.39. The predicted octanol–water partition coefficient (Wildman–Crippen LogP) is 4.57. The Bertz CT molecular complexity index is 1230.